The van der Waals surface area contributed by atoms with E-state index >= 15 is 0 Å². The van der Waals surface area contributed by atoms with Gasteiger partial charge in [-0.05, 0) is 43.2 Å². The minimum absolute atomic E-state index is 0.203. The van der Waals surface area contributed by atoms with Crippen molar-refractivity contribution in [3.05, 3.63) is 81.4 Å². The fraction of sp³-hybridized carbons (Fsp3) is 0.182. The molecule has 0 radical (unpaired) electrons. The van der Waals surface area contributed by atoms with Crippen molar-refractivity contribution in [2.75, 3.05) is 5.32 Å². The predicted molar refractivity (Wildman–Crippen MR) is 117 cm³/mol. The van der Waals surface area contributed by atoms with Gasteiger partial charge in [0.1, 0.15) is 12.4 Å². The number of hydrogen-bond acceptors (Lipinski definition) is 4. The molecule has 4 rings (SSSR count). The molecule has 8 heteroatoms. The minimum Gasteiger partial charge on any atom is -0.324 e. The maximum Gasteiger partial charge on any atom is 0.352 e. The van der Waals surface area contributed by atoms with Gasteiger partial charge in [-0.1, -0.05) is 42.8 Å². The first-order valence-corrected chi connectivity index (χ1v) is 9.94. The quantitative estimate of drug-likeness (QED) is 0.532. The number of nitrogens with one attached hydrogen (secondary N) is 1. The lowest BCUT2D eigenvalue weighted by molar-refractivity contribution is -0.117. The highest BCUT2D eigenvalue weighted by Gasteiger charge is 2.16. The van der Waals surface area contributed by atoms with E-state index in [1.165, 1.54) is 4.40 Å². The van der Waals surface area contributed by atoms with Crippen LogP contribution in [0.4, 0.5) is 5.69 Å². The lowest BCUT2D eigenvalue weighted by Gasteiger charge is -2.06. The smallest absolute Gasteiger partial charge is 0.324 e. The van der Waals surface area contributed by atoms with Crippen LogP contribution in [0.1, 0.15) is 18.2 Å². The summed E-state index contributed by atoms with van der Waals surface area (Å²) in [5.74, 6) is 0.0996. The first kappa shape index (κ1) is 19.8. The molecule has 0 saturated carbocycles. The van der Waals surface area contributed by atoms with Gasteiger partial charge < -0.3 is 5.32 Å². The van der Waals surface area contributed by atoms with E-state index in [1.54, 1.807) is 24.3 Å². The van der Waals surface area contributed by atoms with E-state index in [0.29, 0.717) is 33.4 Å². The molecule has 0 unspecified atom stereocenters. The van der Waals surface area contributed by atoms with E-state index in [4.69, 9.17) is 11.6 Å². The van der Waals surface area contributed by atoms with Crippen molar-refractivity contribution in [1.82, 2.24) is 19.2 Å². The van der Waals surface area contributed by atoms with E-state index in [-0.39, 0.29) is 12.5 Å². The number of fused-ring (bicyclic) bond motifs is 1. The van der Waals surface area contributed by atoms with E-state index in [9.17, 15) is 9.59 Å². The molecular formula is C22H20ClN5O2. The summed E-state index contributed by atoms with van der Waals surface area (Å²) in [5, 5.41) is 7.69. The molecule has 2 aromatic heterocycles. The van der Waals surface area contributed by atoms with Crippen molar-refractivity contribution in [2.24, 2.45) is 0 Å². The van der Waals surface area contributed by atoms with Gasteiger partial charge in [-0.3, -0.25) is 4.79 Å². The minimum atomic E-state index is -0.440. The Balaban J connectivity index is 1.69. The molecule has 2 heterocycles. The number of hydrogen-bond donors (Lipinski definition) is 1. The Morgan fingerprint density at radius 3 is 2.70 bits per heavy atom. The molecule has 0 aliphatic carbocycles. The third-order valence-electron chi connectivity index (χ3n) is 4.69. The van der Waals surface area contributed by atoms with Gasteiger partial charge in [0.05, 0.1) is 0 Å². The molecule has 2 aromatic carbocycles. The van der Waals surface area contributed by atoms with Crippen LogP contribution in [0.5, 0.6) is 0 Å². The van der Waals surface area contributed by atoms with E-state index in [1.807, 2.05) is 44.2 Å². The first-order valence-electron chi connectivity index (χ1n) is 9.56. The van der Waals surface area contributed by atoms with Crippen molar-refractivity contribution in [2.45, 2.75) is 26.8 Å². The number of carbonyl (C=O) groups excluding carboxylic acids is 1. The van der Waals surface area contributed by atoms with Gasteiger partial charge in [0.15, 0.2) is 5.65 Å². The highest BCUT2D eigenvalue weighted by Crippen LogP contribution is 2.21. The van der Waals surface area contributed by atoms with Crippen LogP contribution in [0.2, 0.25) is 5.02 Å². The van der Waals surface area contributed by atoms with Gasteiger partial charge >= 0.3 is 5.69 Å². The second kappa shape index (κ2) is 8.12. The van der Waals surface area contributed by atoms with E-state index < -0.39 is 5.69 Å². The fourth-order valence-corrected chi connectivity index (χ4v) is 3.47. The number of benzene rings is 2. The zero-order chi connectivity index (χ0) is 21.3. The molecule has 4 aromatic rings. The topological polar surface area (TPSA) is 81.3 Å². The first-order chi connectivity index (χ1) is 14.4. The Morgan fingerprint density at radius 1 is 1.13 bits per heavy atom. The average molecular weight is 422 g/mol. The molecule has 0 spiro atoms. The van der Waals surface area contributed by atoms with Gasteiger partial charge in [-0.2, -0.15) is 0 Å². The normalized spacial score (nSPS) is 11.0. The van der Waals surface area contributed by atoms with Gasteiger partial charge in [-0.15, -0.1) is 5.10 Å². The Labute approximate surface area is 178 Å². The summed E-state index contributed by atoms with van der Waals surface area (Å²) in [6.45, 7) is 3.67. The highest BCUT2D eigenvalue weighted by molar-refractivity contribution is 6.30. The number of rotatable bonds is 5. The number of carbonyl (C=O) groups is 1. The van der Waals surface area contributed by atoms with Gasteiger partial charge in [0.2, 0.25) is 5.91 Å². The number of aryl methyl sites for hydroxylation is 2. The van der Waals surface area contributed by atoms with Gasteiger partial charge in [0.25, 0.3) is 0 Å². The number of aromatic nitrogens is 4. The molecule has 0 aliphatic heterocycles. The number of nitrogens with zero attached hydrogens (tertiary/aromatic N) is 4. The third-order valence-corrected chi connectivity index (χ3v) is 4.93. The molecule has 0 saturated heterocycles. The maximum absolute atomic E-state index is 13.0. The Bertz CT molecular complexity index is 1310. The zero-order valence-electron chi connectivity index (χ0n) is 16.6. The van der Waals surface area contributed by atoms with Crippen molar-refractivity contribution in [3.8, 4) is 11.4 Å². The number of amides is 1. The largest absolute Gasteiger partial charge is 0.352 e. The summed E-state index contributed by atoms with van der Waals surface area (Å²) in [7, 11) is 0. The van der Waals surface area contributed by atoms with Crippen LogP contribution in [0.15, 0.2) is 59.4 Å². The monoisotopic (exact) mass is 421 g/mol. The average Bonchev–Trinajstić information content (AvgIpc) is 3.02. The Kier molecular flexibility index (Phi) is 5.37. The van der Waals surface area contributed by atoms with Crippen molar-refractivity contribution in [3.63, 3.8) is 0 Å². The molecule has 1 N–H and O–H groups in total. The van der Waals surface area contributed by atoms with E-state index in [2.05, 4.69) is 15.4 Å². The van der Waals surface area contributed by atoms with Crippen LogP contribution in [0, 0.1) is 6.92 Å². The summed E-state index contributed by atoms with van der Waals surface area (Å²) in [6.07, 6.45) is 0.869. The standard InChI is InChI=1S/C22H20ClN5O2/c1-3-15-6-4-9-18(11-15)25-20(29)13-27-22(30)28-19(26-27)10-14(2)24-21(28)16-7-5-8-17(23)12-16/h4-12H,3,13H2,1-2H3,(H,25,29). The van der Waals surface area contributed by atoms with Crippen LogP contribution in [-0.2, 0) is 17.8 Å². The second-order valence-electron chi connectivity index (χ2n) is 6.97. The van der Waals surface area contributed by atoms with Gasteiger partial charge in [-0.25, -0.2) is 18.9 Å². The van der Waals surface area contributed by atoms with Crippen LogP contribution < -0.4 is 11.0 Å². The Morgan fingerprint density at radius 2 is 1.93 bits per heavy atom. The maximum atomic E-state index is 13.0. The summed E-state index contributed by atoms with van der Waals surface area (Å²) in [4.78, 5) is 30.0. The van der Waals surface area contributed by atoms with E-state index in [0.717, 1.165) is 16.7 Å². The summed E-state index contributed by atoms with van der Waals surface area (Å²) >= 11 is 6.11. The summed E-state index contributed by atoms with van der Waals surface area (Å²) in [6, 6.07) is 16.4. The molecule has 0 aliphatic rings. The molecule has 0 bridgehead atoms. The number of anilines is 1. The molecule has 1 amide bonds. The fourth-order valence-electron chi connectivity index (χ4n) is 3.28. The zero-order valence-corrected chi connectivity index (χ0v) is 17.3. The van der Waals surface area contributed by atoms with Crippen LogP contribution in [-0.4, -0.2) is 25.1 Å². The molecule has 7 nitrogen and oxygen atoms in total. The van der Waals surface area contributed by atoms with Crippen LogP contribution in [0.25, 0.3) is 17.0 Å². The molecule has 0 atom stereocenters. The van der Waals surface area contributed by atoms with Crippen LogP contribution >= 0.6 is 11.6 Å². The lowest BCUT2D eigenvalue weighted by atomic mass is 10.1. The summed E-state index contributed by atoms with van der Waals surface area (Å²) in [5.41, 5.74) is 3.18. The summed E-state index contributed by atoms with van der Waals surface area (Å²) < 4.78 is 2.53. The van der Waals surface area contributed by atoms with Crippen molar-refractivity contribution >= 4 is 28.8 Å². The predicted octanol–water partition coefficient (Wildman–Crippen LogP) is 3.72. The lowest BCUT2D eigenvalue weighted by Crippen LogP contribution is -2.28. The third kappa shape index (κ3) is 3.97. The molecule has 30 heavy (non-hydrogen) atoms. The Hall–Kier alpha value is -3.45. The van der Waals surface area contributed by atoms with Gasteiger partial charge in [0, 0.05) is 28.0 Å². The molecular weight excluding hydrogens is 402 g/mol. The SMILES string of the molecule is CCc1cccc(NC(=O)Cn2nc3cc(C)nc(-c4cccc(Cl)c4)n3c2=O)c1. The van der Waals surface area contributed by atoms with Crippen molar-refractivity contribution < 1.29 is 4.79 Å². The van der Waals surface area contributed by atoms with Crippen molar-refractivity contribution in [1.29, 1.82) is 0 Å². The molecule has 0 fully saturated rings. The highest BCUT2D eigenvalue weighted by atomic mass is 35.5. The molecule has 152 valence electrons. The second-order valence-corrected chi connectivity index (χ2v) is 7.40. The number of halogens is 1. The van der Waals surface area contributed by atoms with Crippen LogP contribution in [0.3, 0.4) is 0 Å².